The largest absolute Gasteiger partial charge is 0.465 e. The molecule has 0 aromatic carbocycles. The van der Waals surface area contributed by atoms with Crippen LogP contribution in [0, 0.1) is 17.8 Å². The molecule has 5 unspecified atom stereocenters. The fourth-order valence-electron chi connectivity index (χ4n) is 3.50. The molecule has 5 nitrogen and oxygen atoms in total. The van der Waals surface area contributed by atoms with Gasteiger partial charge in [-0.15, -0.1) is 0 Å². The van der Waals surface area contributed by atoms with E-state index in [1.807, 2.05) is 0 Å². The van der Waals surface area contributed by atoms with Crippen molar-refractivity contribution in [3.63, 3.8) is 0 Å². The number of esters is 2. The van der Waals surface area contributed by atoms with Crippen molar-refractivity contribution >= 4 is 11.9 Å². The van der Waals surface area contributed by atoms with E-state index in [0.29, 0.717) is 25.2 Å². The summed E-state index contributed by atoms with van der Waals surface area (Å²) in [5.41, 5.74) is 0.399. The molecule has 1 aliphatic carbocycles. The van der Waals surface area contributed by atoms with Crippen LogP contribution in [0.15, 0.2) is 12.2 Å². The average molecular weight is 266 g/mol. The van der Waals surface area contributed by atoms with Crippen LogP contribution in [0.4, 0.5) is 0 Å². The van der Waals surface area contributed by atoms with Crippen molar-refractivity contribution in [3.05, 3.63) is 12.2 Å². The Hall–Kier alpha value is -1.36. The van der Waals surface area contributed by atoms with Gasteiger partial charge < -0.3 is 14.2 Å². The highest BCUT2D eigenvalue weighted by atomic mass is 16.6. The lowest BCUT2D eigenvalue weighted by Crippen LogP contribution is -2.46. The quantitative estimate of drug-likeness (QED) is 0.552. The average Bonchev–Trinajstić information content (AvgIpc) is 2.57. The van der Waals surface area contributed by atoms with Crippen LogP contribution in [-0.2, 0) is 23.8 Å². The van der Waals surface area contributed by atoms with Crippen molar-refractivity contribution in [3.8, 4) is 0 Å². The maximum atomic E-state index is 11.8. The van der Waals surface area contributed by atoms with Crippen LogP contribution in [0.3, 0.4) is 0 Å². The third-order valence-corrected chi connectivity index (χ3v) is 4.43. The summed E-state index contributed by atoms with van der Waals surface area (Å²) < 4.78 is 16.4. The van der Waals surface area contributed by atoms with Crippen LogP contribution in [0.25, 0.3) is 0 Å². The number of ether oxygens (including phenoxy) is 3. The van der Waals surface area contributed by atoms with Gasteiger partial charge >= 0.3 is 11.9 Å². The second kappa shape index (κ2) is 4.63. The summed E-state index contributed by atoms with van der Waals surface area (Å²) in [6, 6.07) is 0. The molecule has 0 amide bonds. The lowest BCUT2D eigenvalue weighted by Gasteiger charge is -2.37. The normalized spacial score (nSPS) is 40.3. The molecule has 4 fully saturated rings. The molecule has 0 N–H and O–H groups in total. The molecule has 4 aliphatic rings. The fraction of sp³-hybridized carbons (Fsp3) is 0.714. The zero-order valence-corrected chi connectivity index (χ0v) is 11.0. The first-order chi connectivity index (χ1) is 9.08. The highest BCUT2D eigenvalue weighted by molar-refractivity contribution is 5.87. The van der Waals surface area contributed by atoms with E-state index in [1.165, 1.54) is 0 Å². The Bertz CT molecular complexity index is 430. The van der Waals surface area contributed by atoms with Crippen molar-refractivity contribution in [1.29, 1.82) is 0 Å². The molecule has 3 aliphatic heterocycles. The van der Waals surface area contributed by atoms with E-state index in [1.54, 1.807) is 6.92 Å². The number of hydrogen-bond donors (Lipinski definition) is 0. The van der Waals surface area contributed by atoms with E-state index >= 15 is 0 Å². The van der Waals surface area contributed by atoms with Gasteiger partial charge in [0.25, 0.3) is 0 Å². The second-order valence-corrected chi connectivity index (χ2v) is 5.64. The summed E-state index contributed by atoms with van der Waals surface area (Å²) in [6.45, 7) is 6.29. The van der Waals surface area contributed by atoms with Crippen LogP contribution in [0.2, 0.25) is 0 Å². The second-order valence-electron chi connectivity index (χ2n) is 5.64. The predicted molar refractivity (Wildman–Crippen MR) is 65.1 cm³/mol. The highest BCUT2D eigenvalue weighted by Crippen LogP contribution is 2.46. The van der Waals surface area contributed by atoms with Gasteiger partial charge in [-0.1, -0.05) is 6.58 Å². The molecule has 3 saturated heterocycles. The minimum absolute atomic E-state index is 0.122. The SMILES string of the molecule is C=C(C)C(=O)OC1CC2OCCC1C1COC(=O)C21. The van der Waals surface area contributed by atoms with Gasteiger partial charge in [-0.05, 0) is 13.3 Å². The van der Waals surface area contributed by atoms with Gasteiger partial charge in [0.15, 0.2) is 0 Å². The summed E-state index contributed by atoms with van der Waals surface area (Å²) in [5, 5.41) is 0. The molecule has 3 heterocycles. The van der Waals surface area contributed by atoms with Crippen molar-refractivity contribution in [1.82, 2.24) is 0 Å². The smallest absolute Gasteiger partial charge is 0.333 e. The Morgan fingerprint density at radius 2 is 2.21 bits per heavy atom. The first-order valence-electron chi connectivity index (χ1n) is 6.72. The number of carbonyl (C=O) groups excluding carboxylic acids is 2. The highest BCUT2D eigenvalue weighted by Gasteiger charge is 2.55. The van der Waals surface area contributed by atoms with Gasteiger partial charge in [0.05, 0.1) is 18.6 Å². The summed E-state index contributed by atoms with van der Waals surface area (Å²) >= 11 is 0. The van der Waals surface area contributed by atoms with Crippen LogP contribution in [-0.4, -0.2) is 37.4 Å². The Labute approximate surface area is 111 Å². The predicted octanol–water partition coefficient (Wildman–Crippen LogP) is 1.07. The van der Waals surface area contributed by atoms with Gasteiger partial charge in [0.1, 0.15) is 6.10 Å². The van der Waals surface area contributed by atoms with E-state index in [9.17, 15) is 9.59 Å². The molecule has 104 valence electrons. The number of fused-ring (bicyclic) bond motifs is 3. The van der Waals surface area contributed by atoms with E-state index in [4.69, 9.17) is 14.2 Å². The van der Waals surface area contributed by atoms with E-state index in [-0.39, 0.29) is 41.9 Å². The molecule has 5 heteroatoms. The van der Waals surface area contributed by atoms with E-state index < -0.39 is 0 Å². The molecule has 5 atom stereocenters. The van der Waals surface area contributed by atoms with Crippen LogP contribution in [0.1, 0.15) is 19.8 Å². The molecule has 1 saturated carbocycles. The fourth-order valence-corrected chi connectivity index (χ4v) is 3.50. The minimum atomic E-state index is -0.362. The number of rotatable bonds is 2. The first-order valence-corrected chi connectivity index (χ1v) is 6.72. The molecule has 0 aromatic rings. The number of carbonyl (C=O) groups is 2. The van der Waals surface area contributed by atoms with Gasteiger partial charge in [-0.2, -0.15) is 0 Å². The van der Waals surface area contributed by atoms with Gasteiger partial charge in [0, 0.05) is 30.4 Å². The lowest BCUT2D eigenvalue weighted by molar-refractivity contribution is -0.155. The topological polar surface area (TPSA) is 61.8 Å². The van der Waals surface area contributed by atoms with E-state index in [0.717, 1.165) is 6.42 Å². The van der Waals surface area contributed by atoms with Crippen molar-refractivity contribution in [2.24, 2.45) is 17.8 Å². The van der Waals surface area contributed by atoms with E-state index in [2.05, 4.69) is 6.58 Å². The minimum Gasteiger partial charge on any atom is -0.465 e. The van der Waals surface area contributed by atoms with Gasteiger partial charge in [-0.3, -0.25) is 4.79 Å². The van der Waals surface area contributed by atoms with Crippen molar-refractivity contribution < 1.29 is 23.8 Å². The van der Waals surface area contributed by atoms with Crippen molar-refractivity contribution in [2.45, 2.75) is 32.0 Å². The molecule has 0 aromatic heterocycles. The Balaban J connectivity index is 1.81. The van der Waals surface area contributed by atoms with Crippen LogP contribution in [0.5, 0.6) is 0 Å². The summed E-state index contributed by atoms with van der Waals surface area (Å²) in [6.07, 6.45) is 1.02. The number of cyclic esters (lactones) is 1. The molecule has 0 spiro atoms. The molecule has 4 rings (SSSR count). The Morgan fingerprint density at radius 1 is 1.42 bits per heavy atom. The molecular formula is C14H18O5. The monoisotopic (exact) mass is 266 g/mol. The summed E-state index contributed by atoms with van der Waals surface area (Å²) in [5.74, 6) is -0.423. The van der Waals surface area contributed by atoms with Crippen LogP contribution < -0.4 is 0 Å². The first kappa shape index (κ1) is 12.7. The number of hydrogen-bond acceptors (Lipinski definition) is 5. The molecule has 19 heavy (non-hydrogen) atoms. The Kier molecular flexibility index (Phi) is 3.09. The summed E-state index contributed by atoms with van der Waals surface area (Å²) in [4.78, 5) is 23.5. The van der Waals surface area contributed by atoms with Crippen molar-refractivity contribution in [2.75, 3.05) is 13.2 Å². The molecule has 2 bridgehead atoms. The zero-order valence-electron chi connectivity index (χ0n) is 11.0. The molecule has 0 radical (unpaired) electrons. The summed E-state index contributed by atoms with van der Waals surface area (Å²) in [7, 11) is 0. The molecular weight excluding hydrogens is 248 g/mol. The standard InChI is InChI=1S/C14H18O5/c1-7(2)13(15)19-10-5-11-12-9(6-18-14(12)16)8(10)3-4-17-11/h8-12H,1,3-6H2,2H3. The van der Waals surface area contributed by atoms with Crippen LogP contribution >= 0.6 is 0 Å². The lowest BCUT2D eigenvalue weighted by atomic mass is 9.70. The van der Waals surface area contributed by atoms with Gasteiger partial charge in [-0.25, -0.2) is 4.79 Å². The third-order valence-electron chi connectivity index (χ3n) is 4.43. The maximum absolute atomic E-state index is 11.8. The van der Waals surface area contributed by atoms with Gasteiger partial charge in [0.2, 0.25) is 0 Å². The Morgan fingerprint density at radius 3 is 2.95 bits per heavy atom. The maximum Gasteiger partial charge on any atom is 0.333 e. The zero-order chi connectivity index (χ0) is 13.6. The third kappa shape index (κ3) is 2.06.